The molecule has 0 atom stereocenters. The summed E-state index contributed by atoms with van der Waals surface area (Å²) in [5.41, 5.74) is 0. The topological polar surface area (TPSA) is 24.9 Å². The van der Waals surface area contributed by atoms with Gasteiger partial charge in [0.1, 0.15) is 5.82 Å². The predicted octanol–water partition coefficient (Wildman–Crippen LogP) is 4.99. The molecule has 2 nitrogen and oxygen atoms in total. The van der Waals surface area contributed by atoms with E-state index in [1.807, 2.05) is 6.20 Å². The summed E-state index contributed by atoms with van der Waals surface area (Å²) >= 11 is 3.60. The van der Waals surface area contributed by atoms with Crippen LogP contribution in [0.2, 0.25) is 0 Å². The van der Waals surface area contributed by atoms with Gasteiger partial charge in [-0.3, -0.25) is 0 Å². The van der Waals surface area contributed by atoms with Crippen molar-refractivity contribution < 1.29 is 0 Å². The average molecular weight is 319 g/mol. The molecule has 1 aliphatic rings. The van der Waals surface area contributed by atoms with Crippen LogP contribution in [0.15, 0.2) is 34.9 Å². The van der Waals surface area contributed by atoms with E-state index < -0.39 is 0 Å². The van der Waals surface area contributed by atoms with E-state index in [1.54, 1.807) is 0 Å². The van der Waals surface area contributed by atoms with Crippen molar-refractivity contribution in [2.24, 2.45) is 5.92 Å². The standard InChI is InChI=1S/C16H19BrN2/c17-15-8-4-7-14-13(15)9-10-18-16(14)19-11-12-5-2-1-3-6-12/h4,7-10,12H,1-3,5-6,11H2,(H,18,19). The first-order valence-electron chi connectivity index (χ1n) is 7.12. The molecule has 3 rings (SSSR count). The van der Waals surface area contributed by atoms with Crippen molar-refractivity contribution in [2.75, 3.05) is 11.9 Å². The molecule has 1 aromatic heterocycles. The summed E-state index contributed by atoms with van der Waals surface area (Å²) in [6.07, 6.45) is 8.80. The smallest absolute Gasteiger partial charge is 0.133 e. The van der Waals surface area contributed by atoms with Gasteiger partial charge >= 0.3 is 0 Å². The number of halogens is 1. The lowest BCUT2D eigenvalue weighted by Gasteiger charge is -2.22. The van der Waals surface area contributed by atoms with E-state index in [9.17, 15) is 0 Å². The lowest BCUT2D eigenvalue weighted by molar-refractivity contribution is 0.373. The summed E-state index contributed by atoms with van der Waals surface area (Å²) in [6.45, 7) is 1.05. The summed E-state index contributed by atoms with van der Waals surface area (Å²) in [5.74, 6) is 1.84. The van der Waals surface area contributed by atoms with Crippen LogP contribution < -0.4 is 5.32 Å². The molecule has 1 saturated carbocycles. The van der Waals surface area contributed by atoms with Crippen LogP contribution in [0.3, 0.4) is 0 Å². The first kappa shape index (κ1) is 12.9. The van der Waals surface area contributed by atoms with Crippen molar-refractivity contribution in [3.63, 3.8) is 0 Å². The molecule has 0 spiro atoms. The molecule has 0 amide bonds. The van der Waals surface area contributed by atoms with Crippen molar-refractivity contribution in [2.45, 2.75) is 32.1 Å². The number of nitrogens with zero attached hydrogens (tertiary/aromatic N) is 1. The Labute approximate surface area is 122 Å². The Balaban J connectivity index is 1.79. The second kappa shape index (κ2) is 5.91. The molecule has 0 radical (unpaired) electrons. The summed E-state index contributed by atoms with van der Waals surface area (Å²) in [5, 5.41) is 5.98. The van der Waals surface area contributed by atoms with Crippen LogP contribution in [-0.2, 0) is 0 Å². The van der Waals surface area contributed by atoms with Gasteiger partial charge in [0.25, 0.3) is 0 Å². The zero-order valence-corrected chi connectivity index (χ0v) is 12.6. The lowest BCUT2D eigenvalue weighted by Crippen LogP contribution is -2.17. The van der Waals surface area contributed by atoms with Gasteiger partial charge < -0.3 is 5.32 Å². The van der Waals surface area contributed by atoms with Crippen LogP contribution in [0.4, 0.5) is 5.82 Å². The Morgan fingerprint density at radius 1 is 1.11 bits per heavy atom. The zero-order chi connectivity index (χ0) is 13.1. The van der Waals surface area contributed by atoms with Crippen molar-refractivity contribution in [3.05, 3.63) is 34.9 Å². The normalized spacial score (nSPS) is 16.7. The highest BCUT2D eigenvalue weighted by molar-refractivity contribution is 9.10. The minimum Gasteiger partial charge on any atom is -0.369 e. The zero-order valence-electron chi connectivity index (χ0n) is 11.0. The highest BCUT2D eigenvalue weighted by atomic mass is 79.9. The quantitative estimate of drug-likeness (QED) is 0.862. The molecule has 0 unspecified atom stereocenters. The Morgan fingerprint density at radius 3 is 2.79 bits per heavy atom. The lowest BCUT2D eigenvalue weighted by atomic mass is 9.89. The molecule has 100 valence electrons. The summed E-state index contributed by atoms with van der Waals surface area (Å²) in [4.78, 5) is 4.50. The minimum atomic E-state index is 0.818. The van der Waals surface area contributed by atoms with Gasteiger partial charge in [0.2, 0.25) is 0 Å². The largest absolute Gasteiger partial charge is 0.369 e. The fourth-order valence-corrected chi connectivity index (χ4v) is 3.44. The Bertz CT molecular complexity index is 562. The number of rotatable bonds is 3. The first-order valence-corrected chi connectivity index (χ1v) is 7.91. The molecule has 1 aromatic carbocycles. The summed E-state index contributed by atoms with van der Waals surface area (Å²) in [7, 11) is 0. The SMILES string of the molecule is Brc1cccc2c(NCC3CCCCC3)nccc12. The highest BCUT2D eigenvalue weighted by Crippen LogP contribution is 2.29. The van der Waals surface area contributed by atoms with Crippen LogP contribution in [0.5, 0.6) is 0 Å². The number of benzene rings is 1. The molecular weight excluding hydrogens is 300 g/mol. The Kier molecular flexibility index (Phi) is 4.02. The third kappa shape index (κ3) is 2.92. The van der Waals surface area contributed by atoms with Gasteiger partial charge in [0, 0.05) is 28.0 Å². The van der Waals surface area contributed by atoms with Crippen LogP contribution in [0.25, 0.3) is 10.8 Å². The maximum absolute atomic E-state index is 4.50. The third-order valence-corrected chi connectivity index (χ3v) is 4.73. The van der Waals surface area contributed by atoms with E-state index in [1.165, 1.54) is 42.9 Å². The average Bonchev–Trinajstić information content (AvgIpc) is 2.47. The van der Waals surface area contributed by atoms with E-state index in [-0.39, 0.29) is 0 Å². The van der Waals surface area contributed by atoms with Gasteiger partial charge in [-0.05, 0) is 30.9 Å². The van der Waals surface area contributed by atoms with E-state index in [0.717, 1.165) is 22.8 Å². The molecule has 2 aromatic rings. The Hall–Kier alpha value is -1.09. The van der Waals surface area contributed by atoms with Crippen molar-refractivity contribution >= 4 is 32.5 Å². The fourth-order valence-electron chi connectivity index (χ4n) is 2.94. The molecule has 0 bridgehead atoms. The van der Waals surface area contributed by atoms with Crippen molar-refractivity contribution in [3.8, 4) is 0 Å². The molecule has 19 heavy (non-hydrogen) atoms. The fraction of sp³-hybridized carbons (Fsp3) is 0.438. The number of nitrogens with one attached hydrogen (secondary N) is 1. The van der Waals surface area contributed by atoms with Gasteiger partial charge in [-0.25, -0.2) is 4.98 Å². The van der Waals surface area contributed by atoms with Gasteiger partial charge in [0.05, 0.1) is 0 Å². The number of hydrogen-bond acceptors (Lipinski definition) is 2. The van der Waals surface area contributed by atoms with Crippen LogP contribution in [0, 0.1) is 5.92 Å². The number of anilines is 1. The molecule has 1 heterocycles. The van der Waals surface area contributed by atoms with E-state index >= 15 is 0 Å². The van der Waals surface area contributed by atoms with Crippen molar-refractivity contribution in [1.29, 1.82) is 0 Å². The number of fused-ring (bicyclic) bond motifs is 1. The molecule has 0 saturated heterocycles. The monoisotopic (exact) mass is 318 g/mol. The van der Waals surface area contributed by atoms with Crippen LogP contribution in [-0.4, -0.2) is 11.5 Å². The van der Waals surface area contributed by atoms with Gasteiger partial charge in [-0.15, -0.1) is 0 Å². The maximum Gasteiger partial charge on any atom is 0.133 e. The predicted molar refractivity (Wildman–Crippen MR) is 84.5 cm³/mol. The molecule has 0 aliphatic heterocycles. The minimum absolute atomic E-state index is 0.818. The Morgan fingerprint density at radius 2 is 1.95 bits per heavy atom. The van der Waals surface area contributed by atoms with Crippen LogP contribution in [0.1, 0.15) is 32.1 Å². The van der Waals surface area contributed by atoms with Gasteiger partial charge in [0.15, 0.2) is 0 Å². The van der Waals surface area contributed by atoms with Gasteiger partial charge in [-0.2, -0.15) is 0 Å². The summed E-state index contributed by atoms with van der Waals surface area (Å²) < 4.78 is 1.13. The molecule has 1 fully saturated rings. The van der Waals surface area contributed by atoms with E-state index in [0.29, 0.717) is 0 Å². The van der Waals surface area contributed by atoms with Crippen LogP contribution >= 0.6 is 15.9 Å². The highest BCUT2D eigenvalue weighted by Gasteiger charge is 2.13. The molecular formula is C16H19BrN2. The maximum atomic E-state index is 4.50. The van der Waals surface area contributed by atoms with Crippen molar-refractivity contribution in [1.82, 2.24) is 4.98 Å². The number of aromatic nitrogens is 1. The molecule has 3 heteroatoms. The third-order valence-electron chi connectivity index (χ3n) is 4.04. The van der Waals surface area contributed by atoms with Gasteiger partial charge in [-0.1, -0.05) is 47.3 Å². The second-order valence-electron chi connectivity index (χ2n) is 5.38. The first-order chi connectivity index (χ1) is 9.34. The molecule has 1 N–H and O–H groups in total. The van der Waals surface area contributed by atoms with E-state index in [4.69, 9.17) is 0 Å². The number of pyridine rings is 1. The number of hydrogen-bond donors (Lipinski definition) is 1. The second-order valence-corrected chi connectivity index (χ2v) is 6.23. The van der Waals surface area contributed by atoms with E-state index in [2.05, 4.69) is 50.5 Å². The summed E-state index contributed by atoms with van der Waals surface area (Å²) in [6, 6.07) is 8.34. The molecule has 1 aliphatic carbocycles.